The van der Waals surface area contributed by atoms with Crippen molar-refractivity contribution in [3.05, 3.63) is 29.3 Å². The van der Waals surface area contributed by atoms with Crippen molar-refractivity contribution < 1.29 is 9.53 Å². The lowest BCUT2D eigenvalue weighted by atomic mass is 10.1. The summed E-state index contributed by atoms with van der Waals surface area (Å²) in [6.45, 7) is 1.88. The first kappa shape index (κ1) is 10.5. The Morgan fingerprint density at radius 1 is 1.50 bits per heavy atom. The van der Waals surface area contributed by atoms with Gasteiger partial charge in [-0.1, -0.05) is 0 Å². The average molecular weight is 194 g/mol. The molecule has 2 N–H and O–H groups in total. The molecule has 0 aliphatic heterocycles. The summed E-state index contributed by atoms with van der Waals surface area (Å²) in [7, 11) is 3.11. The van der Waals surface area contributed by atoms with Crippen molar-refractivity contribution in [1.82, 2.24) is 5.01 Å². The van der Waals surface area contributed by atoms with E-state index in [1.807, 2.05) is 6.92 Å². The van der Waals surface area contributed by atoms with Crippen molar-refractivity contribution >= 4 is 5.91 Å². The van der Waals surface area contributed by atoms with Gasteiger partial charge < -0.3 is 4.74 Å². The van der Waals surface area contributed by atoms with E-state index in [4.69, 9.17) is 10.6 Å². The average Bonchev–Trinajstić information content (AvgIpc) is 2.16. The second-order valence-electron chi connectivity index (χ2n) is 3.10. The van der Waals surface area contributed by atoms with Crippen LogP contribution in [0.1, 0.15) is 15.9 Å². The Labute approximate surface area is 83.2 Å². The maximum atomic E-state index is 11.5. The maximum Gasteiger partial charge on any atom is 0.267 e. The van der Waals surface area contributed by atoms with Crippen LogP contribution in [0.25, 0.3) is 0 Å². The number of amides is 1. The predicted molar refractivity (Wildman–Crippen MR) is 54.0 cm³/mol. The minimum Gasteiger partial charge on any atom is -0.496 e. The molecule has 0 saturated heterocycles. The minimum atomic E-state index is -0.212. The quantitative estimate of drug-likeness (QED) is 0.433. The second kappa shape index (κ2) is 4.11. The Kier molecular flexibility index (Phi) is 3.09. The van der Waals surface area contributed by atoms with Gasteiger partial charge in [0.05, 0.1) is 7.11 Å². The number of nitrogens with zero attached hydrogens (tertiary/aromatic N) is 1. The van der Waals surface area contributed by atoms with Gasteiger partial charge in [-0.15, -0.1) is 0 Å². The van der Waals surface area contributed by atoms with Crippen molar-refractivity contribution in [1.29, 1.82) is 0 Å². The number of carbonyl (C=O) groups excluding carboxylic acids is 1. The van der Waals surface area contributed by atoms with Gasteiger partial charge in [-0.25, -0.2) is 5.84 Å². The first-order valence-electron chi connectivity index (χ1n) is 4.23. The Hall–Kier alpha value is -1.55. The lowest BCUT2D eigenvalue weighted by molar-refractivity contribution is 0.0795. The molecule has 0 saturated carbocycles. The Balaban J connectivity index is 3.03. The number of hydrogen-bond donors (Lipinski definition) is 1. The van der Waals surface area contributed by atoms with Crippen LogP contribution in [0.4, 0.5) is 0 Å². The molecule has 0 heterocycles. The molecule has 4 heteroatoms. The first-order chi connectivity index (χ1) is 6.56. The molecule has 0 spiro atoms. The fraction of sp³-hybridized carbons (Fsp3) is 0.300. The van der Waals surface area contributed by atoms with E-state index in [1.54, 1.807) is 25.3 Å². The highest BCUT2D eigenvalue weighted by Gasteiger charge is 2.09. The summed E-state index contributed by atoms with van der Waals surface area (Å²) in [6.07, 6.45) is 0. The van der Waals surface area contributed by atoms with E-state index in [0.717, 1.165) is 16.3 Å². The van der Waals surface area contributed by atoms with Gasteiger partial charge in [0, 0.05) is 12.6 Å². The lowest BCUT2D eigenvalue weighted by Gasteiger charge is -2.11. The largest absolute Gasteiger partial charge is 0.496 e. The fourth-order valence-corrected chi connectivity index (χ4v) is 1.22. The Bertz CT molecular complexity index is 348. The fourth-order valence-electron chi connectivity index (χ4n) is 1.22. The zero-order valence-corrected chi connectivity index (χ0v) is 8.57. The van der Waals surface area contributed by atoms with Gasteiger partial charge in [0.25, 0.3) is 5.91 Å². The number of carbonyl (C=O) groups is 1. The van der Waals surface area contributed by atoms with Gasteiger partial charge in [0.15, 0.2) is 0 Å². The highest BCUT2D eigenvalue weighted by atomic mass is 16.5. The van der Waals surface area contributed by atoms with E-state index in [2.05, 4.69) is 0 Å². The highest BCUT2D eigenvalue weighted by molar-refractivity contribution is 5.94. The summed E-state index contributed by atoms with van der Waals surface area (Å²) in [5, 5.41) is 1.06. The molecule has 0 bridgehead atoms. The van der Waals surface area contributed by atoms with E-state index >= 15 is 0 Å². The van der Waals surface area contributed by atoms with Gasteiger partial charge in [0.2, 0.25) is 0 Å². The van der Waals surface area contributed by atoms with Crippen LogP contribution in [0.3, 0.4) is 0 Å². The molecule has 1 aromatic carbocycles. The molecule has 0 fully saturated rings. The van der Waals surface area contributed by atoms with E-state index in [9.17, 15) is 4.79 Å². The second-order valence-corrected chi connectivity index (χ2v) is 3.10. The Morgan fingerprint density at radius 3 is 2.57 bits per heavy atom. The van der Waals surface area contributed by atoms with Crippen LogP contribution in [-0.4, -0.2) is 25.1 Å². The number of ether oxygens (including phenoxy) is 1. The summed E-state index contributed by atoms with van der Waals surface area (Å²) in [6, 6.07) is 5.20. The van der Waals surface area contributed by atoms with Crippen LogP contribution in [-0.2, 0) is 0 Å². The number of aryl methyl sites for hydroxylation is 1. The minimum absolute atomic E-state index is 0.212. The van der Waals surface area contributed by atoms with Crippen molar-refractivity contribution in [2.45, 2.75) is 6.92 Å². The summed E-state index contributed by atoms with van der Waals surface area (Å²) < 4.78 is 5.08. The third-order valence-electron chi connectivity index (χ3n) is 1.96. The van der Waals surface area contributed by atoms with E-state index in [-0.39, 0.29) is 5.91 Å². The van der Waals surface area contributed by atoms with Crippen molar-refractivity contribution in [3.63, 3.8) is 0 Å². The summed E-state index contributed by atoms with van der Waals surface area (Å²) in [5.74, 6) is 5.89. The molecule has 0 aliphatic carbocycles. The van der Waals surface area contributed by atoms with Crippen LogP contribution in [0.5, 0.6) is 5.75 Å². The van der Waals surface area contributed by atoms with Gasteiger partial charge in [-0.2, -0.15) is 0 Å². The molecule has 0 radical (unpaired) electrons. The Morgan fingerprint density at radius 2 is 2.14 bits per heavy atom. The molecule has 4 nitrogen and oxygen atoms in total. The number of benzene rings is 1. The molecular weight excluding hydrogens is 180 g/mol. The van der Waals surface area contributed by atoms with Gasteiger partial charge in [-0.3, -0.25) is 9.80 Å². The number of hydrazine groups is 1. The van der Waals surface area contributed by atoms with Crippen LogP contribution < -0.4 is 10.6 Å². The van der Waals surface area contributed by atoms with Crippen molar-refractivity contribution in [2.24, 2.45) is 5.84 Å². The number of nitrogens with two attached hydrogens (primary N) is 1. The summed E-state index contributed by atoms with van der Waals surface area (Å²) in [4.78, 5) is 11.5. The normalized spacial score (nSPS) is 9.71. The summed E-state index contributed by atoms with van der Waals surface area (Å²) in [5.41, 5.74) is 1.48. The summed E-state index contributed by atoms with van der Waals surface area (Å²) >= 11 is 0. The third kappa shape index (κ3) is 2.03. The standard InChI is InChI=1S/C10H14N2O2/c1-7-6-8(10(13)12(2)11)4-5-9(7)14-3/h4-6H,11H2,1-3H3. The SMILES string of the molecule is COc1ccc(C(=O)N(C)N)cc1C. The first-order valence-corrected chi connectivity index (χ1v) is 4.23. The van der Waals surface area contributed by atoms with Crippen molar-refractivity contribution in [2.75, 3.05) is 14.2 Å². The third-order valence-corrected chi connectivity index (χ3v) is 1.96. The highest BCUT2D eigenvalue weighted by Crippen LogP contribution is 2.18. The van der Waals surface area contributed by atoms with Crippen LogP contribution >= 0.6 is 0 Å². The molecule has 0 atom stereocenters. The maximum absolute atomic E-state index is 11.5. The number of hydrogen-bond acceptors (Lipinski definition) is 3. The zero-order valence-electron chi connectivity index (χ0n) is 8.57. The van der Waals surface area contributed by atoms with Crippen LogP contribution in [0, 0.1) is 6.92 Å². The molecule has 76 valence electrons. The molecular formula is C10H14N2O2. The molecule has 0 aliphatic rings. The zero-order chi connectivity index (χ0) is 10.7. The molecule has 14 heavy (non-hydrogen) atoms. The van der Waals surface area contributed by atoms with E-state index in [0.29, 0.717) is 5.56 Å². The monoisotopic (exact) mass is 194 g/mol. The number of rotatable bonds is 2. The van der Waals surface area contributed by atoms with Crippen molar-refractivity contribution in [3.8, 4) is 5.75 Å². The lowest BCUT2D eigenvalue weighted by Crippen LogP contribution is -2.33. The van der Waals surface area contributed by atoms with E-state index < -0.39 is 0 Å². The number of methoxy groups -OCH3 is 1. The molecule has 1 aromatic rings. The molecule has 1 rings (SSSR count). The topological polar surface area (TPSA) is 55.6 Å². The molecule has 0 aromatic heterocycles. The van der Waals surface area contributed by atoms with Gasteiger partial charge >= 0.3 is 0 Å². The predicted octanol–water partition coefficient (Wildman–Crippen LogP) is 0.949. The smallest absolute Gasteiger partial charge is 0.267 e. The molecule has 1 amide bonds. The molecule has 0 unspecified atom stereocenters. The van der Waals surface area contributed by atoms with Crippen LogP contribution in [0.2, 0.25) is 0 Å². The van der Waals surface area contributed by atoms with Crippen LogP contribution in [0.15, 0.2) is 18.2 Å². The van der Waals surface area contributed by atoms with E-state index in [1.165, 1.54) is 7.05 Å². The van der Waals surface area contributed by atoms with Gasteiger partial charge in [0.1, 0.15) is 5.75 Å². The van der Waals surface area contributed by atoms with Gasteiger partial charge in [-0.05, 0) is 30.7 Å².